The van der Waals surface area contributed by atoms with E-state index in [2.05, 4.69) is 4.74 Å². The lowest BCUT2D eigenvalue weighted by Crippen LogP contribution is -2.03. The number of nitrogens with zero attached hydrogens (tertiary/aromatic N) is 1. The van der Waals surface area contributed by atoms with Crippen molar-refractivity contribution in [1.29, 1.82) is 5.26 Å². The molecule has 0 bridgehead atoms. The van der Waals surface area contributed by atoms with Crippen molar-refractivity contribution < 1.29 is 18.3 Å². The lowest BCUT2D eigenvalue weighted by Gasteiger charge is -2.09. The van der Waals surface area contributed by atoms with Gasteiger partial charge in [-0.1, -0.05) is 18.2 Å². The Labute approximate surface area is 115 Å². The molecule has 0 saturated carbocycles. The maximum Gasteiger partial charge on any atom is 0.387 e. The summed E-state index contributed by atoms with van der Waals surface area (Å²) < 4.78 is 34.2. The number of hydrogen-bond acceptors (Lipinski definition) is 3. The number of alkyl halides is 2. The molecule has 0 heterocycles. The molecule has 0 saturated heterocycles. The van der Waals surface area contributed by atoms with Gasteiger partial charge in [0.15, 0.2) is 0 Å². The van der Waals surface area contributed by atoms with E-state index in [1.54, 1.807) is 31.4 Å². The molecule has 20 heavy (non-hydrogen) atoms. The van der Waals surface area contributed by atoms with Crippen molar-refractivity contribution in [3.05, 3.63) is 48.0 Å². The van der Waals surface area contributed by atoms with E-state index in [1.807, 2.05) is 12.1 Å². The maximum absolute atomic E-state index is 12.3. The minimum atomic E-state index is -2.97. The predicted octanol–water partition coefficient (Wildman–Crippen LogP) is 3.84. The van der Waals surface area contributed by atoms with Gasteiger partial charge in [0.2, 0.25) is 0 Å². The van der Waals surface area contributed by atoms with Crippen LogP contribution in [0.25, 0.3) is 11.1 Å². The topological polar surface area (TPSA) is 42.2 Å². The average Bonchev–Trinajstić information content (AvgIpc) is 2.46. The summed E-state index contributed by atoms with van der Waals surface area (Å²) in [7, 11) is 1.54. The number of hydrogen-bond donors (Lipinski definition) is 0. The largest absolute Gasteiger partial charge is 0.497 e. The summed E-state index contributed by atoms with van der Waals surface area (Å²) in [5.41, 5.74) is 1.52. The molecule has 102 valence electrons. The first kappa shape index (κ1) is 13.8. The first-order valence-corrected chi connectivity index (χ1v) is 5.77. The summed E-state index contributed by atoms with van der Waals surface area (Å²) in [4.78, 5) is 0. The highest BCUT2D eigenvalue weighted by atomic mass is 19.3. The fourth-order valence-corrected chi connectivity index (χ4v) is 1.79. The van der Waals surface area contributed by atoms with Gasteiger partial charge in [-0.3, -0.25) is 0 Å². The van der Waals surface area contributed by atoms with Crippen molar-refractivity contribution in [1.82, 2.24) is 0 Å². The molecule has 0 aliphatic rings. The minimum absolute atomic E-state index is 0.0666. The van der Waals surface area contributed by atoms with E-state index in [0.717, 1.165) is 5.56 Å². The zero-order valence-electron chi connectivity index (χ0n) is 10.6. The van der Waals surface area contributed by atoms with Crippen molar-refractivity contribution in [3.63, 3.8) is 0 Å². The molecule has 5 heteroatoms. The Bertz CT molecular complexity index is 651. The van der Waals surface area contributed by atoms with Crippen molar-refractivity contribution >= 4 is 0 Å². The van der Waals surface area contributed by atoms with Crippen LogP contribution in [-0.4, -0.2) is 13.7 Å². The van der Waals surface area contributed by atoms with E-state index >= 15 is 0 Å². The second kappa shape index (κ2) is 6.02. The van der Waals surface area contributed by atoms with E-state index in [1.165, 1.54) is 12.1 Å². The fourth-order valence-electron chi connectivity index (χ4n) is 1.79. The van der Waals surface area contributed by atoms with Gasteiger partial charge in [-0.25, -0.2) is 0 Å². The second-order valence-corrected chi connectivity index (χ2v) is 3.93. The maximum atomic E-state index is 12.3. The fraction of sp³-hybridized carbons (Fsp3) is 0.133. The van der Waals surface area contributed by atoms with Crippen LogP contribution in [0.4, 0.5) is 8.78 Å². The van der Waals surface area contributed by atoms with Gasteiger partial charge in [0.25, 0.3) is 0 Å². The number of halogens is 2. The number of ether oxygens (including phenoxy) is 2. The first-order chi connectivity index (χ1) is 9.63. The summed E-state index contributed by atoms with van der Waals surface area (Å²) in [6.45, 7) is -2.97. The molecule has 0 fully saturated rings. The quantitative estimate of drug-likeness (QED) is 0.851. The van der Waals surface area contributed by atoms with E-state index in [0.29, 0.717) is 11.3 Å². The average molecular weight is 275 g/mol. The van der Waals surface area contributed by atoms with Gasteiger partial charge in [0.1, 0.15) is 17.6 Å². The smallest absolute Gasteiger partial charge is 0.387 e. The van der Waals surface area contributed by atoms with Crippen LogP contribution < -0.4 is 9.47 Å². The van der Waals surface area contributed by atoms with Crippen LogP contribution in [0.2, 0.25) is 0 Å². The number of rotatable bonds is 4. The molecule has 2 rings (SSSR count). The van der Waals surface area contributed by atoms with Gasteiger partial charge in [-0.05, 0) is 35.4 Å². The van der Waals surface area contributed by atoms with Gasteiger partial charge >= 0.3 is 6.61 Å². The third-order valence-electron chi connectivity index (χ3n) is 2.72. The van der Waals surface area contributed by atoms with Crippen LogP contribution in [0.5, 0.6) is 11.5 Å². The van der Waals surface area contributed by atoms with E-state index in [4.69, 9.17) is 10.00 Å². The SMILES string of the molecule is COc1cccc(-c2ccc(C#N)c(OC(F)F)c2)c1. The molecule has 0 aromatic heterocycles. The highest BCUT2D eigenvalue weighted by Crippen LogP contribution is 2.29. The van der Waals surface area contributed by atoms with Crippen LogP contribution in [0.3, 0.4) is 0 Å². The molecule has 0 aliphatic heterocycles. The van der Waals surface area contributed by atoms with Crippen molar-refractivity contribution in [2.24, 2.45) is 0 Å². The first-order valence-electron chi connectivity index (χ1n) is 5.77. The third kappa shape index (κ3) is 3.04. The lowest BCUT2D eigenvalue weighted by molar-refractivity contribution is -0.0500. The monoisotopic (exact) mass is 275 g/mol. The predicted molar refractivity (Wildman–Crippen MR) is 69.8 cm³/mol. The second-order valence-electron chi connectivity index (χ2n) is 3.93. The number of benzene rings is 2. The Hall–Kier alpha value is -2.61. The third-order valence-corrected chi connectivity index (χ3v) is 2.72. The Morgan fingerprint density at radius 2 is 1.85 bits per heavy atom. The Balaban J connectivity index is 2.44. The normalized spacial score (nSPS) is 10.2. The molecule has 0 amide bonds. The van der Waals surface area contributed by atoms with E-state index in [9.17, 15) is 8.78 Å². The van der Waals surface area contributed by atoms with Gasteiger partial charge < -0.3 is 9.47 Å². The summed E-state index contributed by atoms with van der Waals surface area (Å²) in [5, 5.41) is 8.88. The highest BCUT2D eigenvalue weighted by molar-refractivity contribution is 5.68. The van der Waals surface area contributed by atoms with Crippen LogP contribution in [0, 0.1) is 11.3 Å². The van der Waals surface area contributed by atoms with Gasteiger partial charge in [-0.15, -0.1) is 0 Å². The zero-order valence-corrected chi connectivity index (χ0v) is 10.6. The Kier molecular flexibility index (Phi) is 4.16. The van der Waals surface area contributed by atoms with Gasteiger partial charge in [0, 0.05) is 0 Å². The minimum Gasteiger partial charge on any atom is -0.497 e. The van der Waals surface area contributed by atoms with Crippen molar-refractivity contribution in [2.75, 3.05) is 7.11 Å². The molecule has 2 aromatic rings. The number of nitriles is 1. The van der Waals surface area contributed by atoms with E-state index in [-0.39, 0.29) is 11.3 Å². The molecule has 3 nitrogen and oxygen atoms in total. The Morgan fingerprint density at radius 1 is 1.10 bits per heavy atom. The van der Waals surface area contributed by atoms with Crippen molar-refractivity contribution in [3.8, 4) is 28.7 Å². The standard InChI is InChI=1S/C15H11F2NO2/c1-19-13-4-2-3-10(7-13)11-5-6-12(9-18)14(8-11)20-15(16)17/h2-8,15H,1H3. The Morgan fingerprint density at radius 3 is 2.50 bits per heavy atom. The molecular formula is C15H11F2NO2. The molecule has 0 spiro atoms. The van der Waals surface area contributed by atoms with Crippen LogP contribution in [0.1, 0.15) is 5.56 Å². The molecule has 0 atom stereocenters. The highest BCUT2D eigenvalue weighted by Gasteiger charge is 2.11. The van der Waals surface area contributed by atoms with E-state index < -0.39 is 6.61 Å². The summed E-state index contributed by atoms with van der Waals surface area (Å²) in [5.74, 6) is 0.519. The van der Waals surface area contributed by atoms with Crippen LogP contribution in [0.15, 0.2) is 42.5 Å². The summed E-state index contributed by atoms with van der Waals surface area (Å²) in [6.07, 6.45) is 0. The summed E-state index contributed by atoms with van der Waals surface area (Å²) >= 11 is 0. The molecule has 2 aromatic carbocycles. The van der Waals surface area contributed by atoms with Crippen molar-refractivity contribution in [2.45, 2.75) is 6.61 Å². The lowest BCUT2D eigenvalue weighted by atomic mass is 10.0. The van der Waals surface area contributed by atoms with Gasteiger partial charge in [-0.2, -0.15) is 14.0 Å². The zero-order chi connectivity index (χ0) is 14.5. The molecule has 0 aliphatic carbocycles. The van der Waals surface area contributed by atoms with Crippen LogP contribution in [-0.2, 0) is 0 Å². The number of methoxy groups -OCH3 is 1. The summed E-state index contributed by atoms with van der Waals surface area (Å²) in [6, 6.07) is 13.5. The van der Waals surface area contributed by atoms with Gasteiger partial charge in [0.05, 0.1) is 12.7 Å². The molecule has 0 N–H and O–H groups in total. The molecule has 0 radical (unpaired) electrons. The molecule has 0 unspecified atom stereocenters. The molecular weight excluding hydrogens is 264 g/mol. The van der Waals surface area contributed by atoms with Crippen LogP contribution >= 0.6 is 0 Å².